The fourth-order valence-electron chi connectivity index (χ4n) is 2.49. The third kappa shape index (κ3) is 4.98. The van der Waals surface area contributed by atoms with Crippen molar-refractivity contribution >= 4 is 5.91 Å². The molecule has 0 aliphatic carbocycles. The second-order valence-electron chi connectivity index (χ2n) is 5.38. The highest BCUT2D eigenvalue weighted by Gasteiger charge is 2.20. The topological polar surface area (TPSA) is 66.6 Å². The van der Waals surface area contributed by atoms with E-state index in [0.717, 1.165) is 11.1 Å². The van der Waals surface area contributed by atoms with Crippen LogP contribution < -0.4 is 5.73 Å². The van der Waals surface area contributed by atoms with E-state index in [4.69, 9.17) is 5.73 Å². The number of hydrogen-bond donors (Lipinski definition) is 2. The fourth-order valence-corrected chi connectivity index (χ4v) is 2.49. The maximum absolute atomic E-state index is 11.3. The molecular weight excluding hydrogens is 276 g/mol. The first-order valence-electron chi connectivity index (χ1n) is 7.40. The molecule has 0 spiro atoms. The fraction of sp³-hybridized carbons (Fsp3) is 0.278. The molecule has 4 nitrogen and oxygen atoms in total. The van der Waals surface area contributed by atoms with Gasteiger partial charge in [0.05, 0.1) is 6.61 Å². The standard InChI is InChI=1S/C18H22N2O2/c19-18(22)11-17(14-21)20(12-15-7-3-1-4-8-15)13-16-9-5-2-6-10-16/h1-10,17,21H,11-14H2,(H2,19,22)/t17-/m0/s1. The van der Waals surface area contributed by atoms with E-state index >= 15 is 0 Å². The van der Waals surface area contributed by atoms with Gasteiger partial charge in [-0.05, 0) is 11.1 Å². The molecule has 1 atom stereocenters. The van der Waals surface area contributed by atoms with Crippen molar-refractivity contribution in [1.29, 1.82) is 0 Å². The van der Waals surface area contributed by atoms with Gasteiger partial charge in [-0.3, -0.25) is 9.69 Å². The van der Waals surface area contributed by atoms with Crippen LogP contribution in [0, 0.1) is 0 Å². The van der Waals surface area contributed by atoms with E-state index in [1.807, 2.05) is 60.7 Å². The van der Waals surface area contributed by atoms with Crippen molar-refractivity contribution < 1.29 is 9.90 Å². The van der Waals surface area contributed by atoms with Crippen molar-refractivity contribution in [2.45, 2.75) is 25.6 Å². The Morgan fingerprint density at radius 3 is 1.77 bits per heavy atom. The van der Waals surface area contributed by atoms with Crippen LogP contribution in [0.5, 0.6) is 0 Å². The van der Waals surface area contributed by atoms with Gasteiger partial charge in [-0.2, -0.15) is 0 Å². The van der Waals surface area contributed by atoms with Gasteiger partial charge in [-0.25, -0.2) is 0 Å². The zero-order chi connectivity index (χ0) is 15.8. The molecule has 0 aliphatic heterocycles. The molecule has 3 N–H and O–H groups in total. The smallest absolute Gasteiger partial charge is 0.219 e. The lowest BCUT2D eigenvalue weighted by atomic mass is 10.1. The molecule has 0 saturated carbocycles. The average molecular weight is 298 g/mol. The van der Waals surface area contributed by atoms with Crippen molar-refractivity contribution in [2.24, 2.45) is 5.73 Å². The predicted molar refractivity (Wildman–Crippen MR) is 86.8 cm³/mol. The molecule has 2 aromatic carbocycles. The van der Waals surface area contributed by atoms with Gasteiger partial charge in [0.25, 0.3) is 0 Å². The van der Waals surface area contributed by atoms with Gasteiger partial charge in [-0.15, -0.1) is 0 Å². The number of nitrogens with two attached hydrogens (primary N) is 1. The molecule has 0 aliphatic rings. The second-order valence-corrected chi connectivity index (χ2v) is 5.38. The van der Waals surface area contributed by atoms with Crippen LogP contribution >= 0.6 is 0 Å². The molecule has 116 valence electrons. The zero-order valence-corrected chi connectivity index (χ0v) is 12.6. The number of aliphatic hydroxyl groups excluding tert-OH is 1. The first-order chi connectivity index (χ1) is 10.7. The molecule has 0 bridgehead atoms. The molecular formula is C18H22N2O2. The number of carbonyl (C=O) groups is 1. The van der Waals surface area contributed by atoms with E-state index in [9.17, 15) is 9.90 Å². The highest BCUT2D eigenvalue weighted by Crippen LogP contribution is 2.15. The third-order valence-corrected chi connectivity index (χ3v) is 3.62. The number of benzene rings is 2. The summed E-state index contributed by atoms with van der Waals surface area (Å²) in [5.41, 5.74) is 7.60. The number of primary amides is 1. The molecule has 1 amide bonds. The molecule has 2 rings (SSSR count). The van der Waals surface area contributed by atoms with Crippen molar-refractivity contribution in [3.8, 4) is 0 Å². The summed E-state index contributed by atoms with van der Waals surface area (Å²) in [5, 5.41) is 9.65. The Hall–Kier alpha value is -2.17. The van der Waals surface area contributed by atoms with Crippen molar-refractivity contribution in [1.82, 2.24) is 4.90 Å². The van der Waals surface area contributed by atoms with Crippen LogP contribution in [-0.4, -0.2) is 28.6 Å². The Bertz CT molecular complexity index is 531. The highest BCUT2D eigenvalue weighted by atomic mass is 16.3. The summed E-state index contributed by atoms with van der Waals surface area (Å²) < 4.78 is 0. The second kappa shape index (κ2) is 8.32. The maximum Gasteiger partial charge on any atom is 0.219 e. The average Bonchev–Trinajstić information content (AvgIpc) is 2.54. The van der Waals surface area contributed by atoms with Crippen molar-refractivity contribution in [2.75, 3.05) is 6.61 Å². The Balaban J connectivity index is 2.17. The predicted octanol–water partition coefficient (Wildman–Crippen LogP) is 1.93. The molecule has 0 heterocycles. The van der Waals surface area contributed by atoms with Gasteiger partial charge >= 0.3 is 0 Å². The molecule has 0 unspecified atom stereocenters. The third-order valence-electron chi connectivity index (χ3n) is 3.62. The van der Waals surface area contributed by atoms with Gasteiger partial charge in [0.15, 0.2) is 0 Å². The summed E-state index contributed by atoms with van der Waals surface area (Å²) in [6.07, 6.45) is 0.149. The lowest BCUT2D eigenvalue weighted by molar-refractivity contribution is -0.119. The van der Waals surface area contributed by atoms with Crippen LogP contribution in [0.3, 0.4) is 0 Å². The van der Waals surface area contributed by atoms with Crippen LogP contribution in [0.1, 0.15) is 17.5 Å². The number of aliphatic hydroxyl groups is 1. The monoisotopic (exact) mass is 298 g/mol. The number of rotatable bonds is 8. The molecule has 22 heavy (non-hydrogen) atoms. The summed E-state index contributed by atoms with van der Waals surface area (Å²) >= 11 is 0. The van der Waals surface area contributed by atoms with Crippen LogP contribution in [-0.2, 0) is 17.9 Å². The minimum absolute atomic E-state index is 0.0946. The van der Waals surface area contributed by atoms with E-state index in [2.05, 4.69) is 4.90 Å². The van der Waals surface area contributed by atoms with Gasteiger partial charge in [-0.1, -0.05) is 60.7 Å². The quantitative estimate of drug-likeness (QED) is 0.782. The van der Waals surface area contributed by atoms with Crippen LogP contribution in [0.15, 0.2) is 60.7 Å². The zero-order valence-electron chi connectivity index (χ0n) is 12.6. The molecule has 0 saturated heterocycles. The minimum atomic E-state index is -0.398. The lowest BCUT2D eigenvalue weighted by Crippen LogP contribution is -2.40. The Labute approximate surface area is 131 Å². The van der Waals surface area contributed by atoms with Gasteiger partial charge in [0.1, 0.15) is 0 Å². The first-order valence-corrected chi connectivity index (χ1v) is 7.40. The molecule has 4 heteroatoms. The van der Waals surface area contributed by atoms with Crippen LogP contribution in [0.4, 0.5) is 0 Å². The van der Waals surface area contributed by atoms with Gasteiger partial charge in [0, 0.05) is 25.6 Å². The van der Waals surface area contributed by atoms with Crippen molar-refractivity contribution in [3.05, 3.63) is 71.8 Å². The van der Waals surface area contributed by atoms with Gasteiger partial charge in [0.2, 0.25) is 5.91 Å². The number of carbonyl (C=O) groups excluding carboxylic acids is 1. The van der Waals surface area contributed by atoms with Crippen LogP contribution in [0.25, 0.3) is 0 Å². The Morgan fingerprint density at radius 2 is 1.41 bits per heavy atom. The van der Waals surface area contributed by atoms with Crippen molar-refractivity contribution in [3.63, 3.8) is 0 Å². The van der Waals surface area contributed by atoms with E-state index in [1.54, 1.807) is 0 Å². The molecule has 2 aromatic rings. The van der Waals surface area contributed by atoms with E-state index in [-0.39, 0.29) is 19.1 Å². The first kappa shape index (κ1) is 16.2. The Kier molecular flexibility index (Phi) is 6.13. The van der Waals surface area contributed by atoms with E-state index < -0.39 is 5.91 Å². The summed E-state index contributed by atoms with van der Waals surface area (Å²) in [6, 6.07) is 19.8. The Morgan fingerprint density at radius 1 is 0.955 bits per heavy atom. The molecule has 0 fully saturated rings. The maximum atomic E-state index is 11.3. The number of nitrogens with zero attached hydrogens (tertiary/aromatic N) is 1. The minimum Gasteiger partial charge on any atom is -0.395 e. The van der Waals surface area contributed by atoms with E-state index in [1.165, 1.54) is 0 Å². The lowest BCUT2D eigenvalue weighted by Gasteiger charge is -2.30. The summed E-state index contributed by atoms with van der Waals surface area (Å²) in [5.74, 6) is -0.398. The molecule has 0 radical (unpaired) electrons. The summed E-state index contributed by atoms with van der Waals surface area (Å²) in [4.78, 5) is 13.4. The largest absolute Gasteiger partial charge is 0.395 e. The summed E-state index contributed by atoms with van der Waals surface area (Å²) in [7, 11) is 0. The van der Waals surface area contributed by atoms with Gasteiger partial charge < -0.3 is 10.8 Å². The van der Waals surface area contributed by atoms with Crippen LogP contribution in [0.2, 0.25) is 0 Å². The summed E-state index contributed by atoms with van der Waals surface area (Å²) in [6.45, 7) is 1.23. The number of amides is 1. The highest BCUT2D eigenvalue weighted by molar-refractivity contribution is 5.74. The SMILES string of the molecule is NC(=O)C[C@@H](CO)N(Cc1ccccc1)Cc1ccccc1. The molecule has 0 aromatic heterocycles. The number of hydrogen-bond acceptors (Lipinski definition) is 3. The van der Waals surface area contributed by atoms with E-state index in [0.29, 0.717) is 13.1 Å². The normalized spacial score (nSPS) is 12.3.